The van der Waals surface area contributed by atoms with Gasteiger partial charge in [0.25, 0.3) is 0 Å². The van der Waals surface area contributed by atoms with Gasteiger partial charge >= 0.3 is 0 Å². The smallest absolute Gasteiger partial charge is 0.226 e. The van der Waals surface area contributed by atoms with Gasteiger partial charge in [-0.3, -0.25) is 9.59 Å². The molecule has 0 bridgehead atoms. The van der Waals surface area contributed by atoms with Crippen LogP contribution in [0.15, 0.2) is 46.9 Å². The zero-order valence-electron chi connectivity index (χ0n) is 13.8. The summed E-state index contributed by atoms with van der Waals surface area (Å²) < 4.78 is 6.42. The number of halogens is 1. The highest BCUT2D eigenvalue weighted by molar-refractivity contribution is 9.10. The molecule has 2 N–H and O–H groups in total. The number of hydrogen-bond acceptors (Lipinski definition) is 3. The fourth-order valence-corrected chi connectivity index (χ4v) is 3.12. The summed E-state index contributed by atoms with van der Waals surface area (Å²) in [5, 5.41) is 5.74. The first-order valence-corrected chi connectivity index (χ1v) is 8.89. The SMILES string of the molecule is CC(=O)NC(CC(=O)Nc1ccc2c(c1)CCO2)c1ccc(Br)cc1. The second kappa shape index (κ2) is 7.70. The Hall–Kier alpha value is -2.34. The van der Waals surface area contributed by atoms with Crippen LogP contribution >= 0.6 is 15.9 Å². The number of carbonyl (C=O) groups excluding carboxylic acids is 2. The summed E-state index contributed by atoms with van der Waals surface area (Å²) in [6.45, 7) is 2.13. The molecule has 25 heavy (non-hydrogen) atoms. The lowest BCUT2D eigenvalue weighted by atomic mass is 10.0. The van der Waals surface area contributed by atoms with E-state index >= 15 is 0 Å². The number of benzene rings is 2. The Labute approximate surface area is 154 Å². The Bertz CT molecular complexity index is 790. The van der Waals surface area contributed by atoms with Crippen molar-refractivity contribution in [1.82, 2.24) is 5.32 Å². The number of nitrogens with one attached hydrogen (secondary N) is 2. The van der Waals surface area contributed by atoms with Gasteiger partial charge in [-0.25, -0.2) is 0 Å². The molecule has 0 fully saturated rings. The Balaban J connectivity index is 1.69. The standard InChI is InChI=1S/C19H19BrN2O3/c1-12(23)21-17(13-2-4-15(20)5-3-13)11-19(24)22-16-6-7-18-14(10-16)8-9-25-18/h2-7,10,17H,8-9,11H2,1H3,(H,21,23)(H,22,24). The zero-order valence-corrected chi connectivity index (χ0v) is 15.4. The highest BCUT2D eigenvalue weighted by atomic mass is 79.9. The molecule has 1 aliphatic heterocycles. The van der Waals surface area contributed by atoms with Crippen LogP contribution in [0.4, 0.5) is 5.69 Å². The van der Waals surface area contributed by atoms with E-state index < -0.39 is 0 Å². The predicted molar refractivity (Wildman–Crippen MR) is 99.6 cm³/mol. The van der Waals surface area contributed by atoms with E-state index in [9.17, 15) is 9.59 Å². The molecule has 2 amide bonds. The Morgan fingerprint density at radius 1 is 1.20 bits per heavy atom. The third-order valence-electron chi connectivity index (χ3n) is 4.01. The molecule has 130 valence electrons. The molecule has 0 aliphatic carbocycles. The largest absolute Gasteiger partial charge is 0.493 e. The summed E-state index contributed by atoms with van der Waals surface area (Å²) in [7, 11) is 0. The maximum atomic E-state index is 12.4. The number of carbonyl (C=O) groups is 2. The molecular weight excluding hydrogens is 384 g/mol. The van der Waals surface area contributed by atoms with Crippen LogP contribution in [0.25, 0.3) is 0 Å². The van der Waals surface area contributed by atoms with Crippen molar-refractivity contribution in [1.29, 1.82) is 0 Å². The van der Waals surface area contributed by atoms with E-state index in [-0.39, 0.29) is 24.3 Å². The molecule has 1 aliphatic rings. The van der Waals surface area contributed by atoms with Gasteiger partial charge in [0, 0.05) is 23.5 Å². The van der Waals surface area contributed by atoms with Crippen LogP contribution in [-0.4, -0.2) is 18.4 Å². The van der Waals surface area contributed by atoms with Crippen molar-refractivity contribution in [2.45, 2.75) is 25.8 Å². The van der Waals surface area contributed by atoms with E-state index in [1.54, 1.807) is 0 Å². The van der Waals surface area contributed by atoms with E-state index in [1.807, 2.05) is 42.5 Å². The Morgan fingerprint density at radius 3 is 2.68 bits per heavy atom. The van der Waals surface area contributed by atoms with E-state index in [1.165, 1.54) is 6.92 Å². The molecule has 1 atom stereocenters. The first-order chi connectivity index (χ1) is 12.0. The molecule has 2 aromatic rings. The predicted octanol–water partition coefficient (Wildman–Crippen LogP) is 3.59. The van der Waals surface area contributed by atoms with Crippen LogP contribution in [0.3, 0.4) is 0 Å². The first kappa shape index (κ1) is 17.5. The van der Waals surface area contributed by atoms with Crippen LogP contribution in [0.5, 0.6) is 5.75 Å². The van der Waals surface area contributed by atoms with Gasteiger partial charge in [0.2, 0.25) is 11.8 Å². The van der Waals surface area contributed by atoms with Crippen molar-refractivity contribution in [3.63, 3.8) is 0 Å². The maximum Gasteiger partial charge on any atom is 0.226 e. The molecule has 3 rings (SSSR count). The average molecular weight is 403 g/mol. The molecular formula is C19H19BrN2O3. The van der Waals surface area contributed by atoms with Crippen LogP contribution in [0, 0.1) is 0 Å². The Kier molecular flexibility index (Phi) is 5.38. The second-order valence-electron chi connectivity index (χ2n) is 5.98. The van der Waals surface area contributed by atoms with Crippen molar-refractivity contribution in [3.8, 4) is 5.75 Å². The fraction of sp³-hybridized carbons (Fsp3) is 0.263. The third-order valence-corrected chi connectivity index (χ3v) is 4.54. The molecule has 0 radical (unpaired) electrons. The molecule has 0 spiro atoms. The van der Waals surface area contributed by atoms with Crippen molar-refractivity contribution in [2.75, 3.05) is 11.9 Å². The number of amides is 2. The number of anilines is 1. The van der Waals surface area contributed by atoms with Crippen LogP contribution in [0.1, 0.15) is 30.5 Å². The van der Waals surface area contributed by atoms with Crippen molar-refractivity contribution >= 4 is 33.4 Å². The summed E-state index contributed by atoms with van der Waals surface area (Å²) in [5.74, 6) is 0.555. The lowest BCUT2D eigenvalue weighted by Gasteiger charge is -2.18. The lowest BCUT2D eigenvalue weighted by molar-refractivity contribution is -0.120. The maximum absolute atomic E-state index is 12.4. The van der Waals surface area contributed by atoms with Crippen LogP contribution in [0.2, 0.25) is 0 Å². The van der Waals surface area contributed by atoms with E-state index in [0.717, 1.165) is 33.5 Å². The topological polar surface area (TPSA) is 67.4 Å². The van der Waals surface area contributed by atoms with Gasteiger partial charge in [0.05, 0.1) is 19.1 Å². The molecule has 0 aromatic heterocycles. The molecule has 0 saturated carbocycles. The molecule has 2 aromatic carbocycles. The summed E-state index contributed by atoms with van der Waals surface area (Å²) >= 11 is 3.39. The van der Waals surface area contributed by atoms with Crippen LogP contribution in [-0.2, 0) is 16.0 Å². The van der Waals surface area contributed by atoms with E-state index in [2.05, 4.69) is 26.6 Å². The van der Waals surface area contributed by atoms with E-state index in [4.69, 9.17) is 4.74 Å². The van der Waals surface area contributed by atoms with Gasteiger partial charge in [-0.2, -0.15) is 0 Å². The third kappa shape index (κ3) is 4.60. The highest BCUT2D eigenvalue weighted by Crippen LogP contribution is 2.28. The van der Waals surface area contributed by atoms with Gasteiger partial charge < -0.3 is 15.4 Å². The van der Waals surface area contributed by atoms with Gasteiger partial charge in [-0.05, 0) is 41.5 Å². The first-order valence-electron chi connectivity index (χ1n) is 8.09. The summed E-state index contributed by atoms with van der Waals surface area (Å²) in [5.41, 5.74) is 2.73. The number of hydrogen-bond donors (Lipinski definition) is 2. The summed E-state index contributed by atoms with van der Waals surface area (Å²) in [6.07, 6.45) is 1.02. The lowest BCUT2D eigenvalue weighted by Crippen LogP contribution is -2.29. The van der Waals surface area contributed by atoms with E-state index in [0.29, 0.717) is 6.61 Å². The molecule has 1 unspecified atom stereocenters. The number of fused-ring (bicyclic) bond motifs is 1. The normalized spacial score (nSPS) is 13.5. The van der Waals surface area contributed by atoms with Crippen molar-refractivity contribution < 1.29 is 14.3 Å². The summed E-state index contributed by atoms with van der Waals surface area (Å²) in [6, 6.07) is 12.8. The van der Waals surface area contributed by atoms with Gasteiger partial charge in [0.15, 0.2) is 0 Å². The summed E-state index contributed by atoms with van der Waals surface area (Å²) in [4.78, 5) is 23.9. The monoisotopic (exact) mass is 402 g/mol. The highest BCUT2D eigenvalue weighted by Gasteiger charge is 2.18. The molecule has 6 heteroatoms. The molecule has 1 heterocycles. The van der Waals surface area contributed by atoms with Crippen LogP contribution < -0.4 is 15.4 Å². The number of ether oxygens (including phenoxy) is 1. The van der Waals surface area contributed by atoms with Crippen molar-refractivity contribution in [2.24, 2.45) is 0 Å². The minimum absolute atomic E-state index is 0.152. The second-order valence-corrected chi connectivity index (χ2v) is 6.89. The quantitative estimate of drug-likeness (QED) is 0.802. The minimum atomic E-state index is -0.372. The van der Waals surface area contributed by atoms with Gasteiger partial charge in [-0.1, -0.05) is 28.1 Å². The van der Waals surface area contributed by atoms with Crippen molar-refractivity contribution in [3.05, 3.63) is 58.1 Å². The fourth-order valence-electron chi connectivity index (χ4n) is 2.85. The Morgan fingerprint density at radius 2 is 1.96 bits per heavy atom. The molecule has 5 nitrogen and oxygen atoms in total. The average Bonchev–Trinajstić information content (AvgIpc) is 3.02. The van der Waals surface area contributed by atoms with Gasteiger partial charge in [0.1, 0.15) is 5.75 Å². The zero-order chi connectivity index (χ0) is 17.8. The minimum Gasteiger partial charge on any atom is -0.493 e. The number of rotatable bonds is 5. The van der Waals surface area contributed by atoms with Gasteiger partial charge in [-0.15, -0.1) is 0 Å². The molecule has 0 saturated heterocycles.